The van der Waals surface area contributed by atoms with Crippen molar-refractivity contribution in [2.24, 2.45) is 34.5 Å². The molecule has 3 saturated carbocycles. The lowest BCUT2D eigenvalue weighted by molar-refractivity contribution is -0.224. The van der Waals surface area contributed by atoms with Crippen LogP contribution in [0.3, 0.4) is 0 Å². The summed E-state index contributed by atoms with van der Waals surface area (Å²) in [5.41, 5.74) is -4.13. The predicted molar refractivity (Wildman–Crippen MR) is 147 cm³/mol. The van der Waals surface area contributed by atoms with Gasteiger partial charge in [0, 0.05) is 7.11 Å². The van der Waals surface area contributed by atoms with Gasteiger partial charge in [0.25, 0.3) is 0 Å². The highest BCUT2D eigenvalue weighted by Gasteiger charge is 2.62. The maximum atomic E-state index is 13.0. The molecular weight excluding hydrogens is 561 g/mol. The highest BCUT2D eigenvalue weighted by Crippen LogP contribution is 2.65. The van der Waals surface area contributed by atoms with Crippen molar-refractivity contribution in [1.82, 2.24) is 0 Å². The van der Waals surface area contributed by atoms with E-state index in [2.05, 4.69) is 25.0 Å². The van der Waals surface area contributed by atoms with Crippen LogP contribution in [0.25, 0.3) is 0 Å². The van der Waals surface area contributed by atoms with Gasteiger partial charge in [0.1, 0.15) is 18.8 Å². The Labute approximate surface area is 241 Å². The summed E-state index contributed by atoms with van der Waals surface area (Å²) in [6, 6.07) is 7.66. The molecule has 4 rings (SSSR count). The largest absolute Gasteiger partial charge is 0.534 e. The Morgan fingerprint density at radius 3 is 2.34 bits per heavy atom. The first kappa shape index (κ1) is 32.1. The number of hydrogen-bond donors (Lipinski definition) is 0. The highest BCUT2D eigenvalue weighted by molar-refractivity contribution is 7.87. The number of methoxy groups -OCH3 is 2. The Balaban J connectivity index is 1.65. The molecule has 0 amide bonds. The second-order valence-corrected chi connectivity index (χ2v) is 14.2. The number of hydrogen-bond acceptors (Lipinski definition) is 7. The van der Waals surface area contributed by atoms with E-state index in [1.165, 1.54) is 0 Å². The van der Waals surface area contributed by atoms with Gasteiger partial charge in [-0.15, -0.1) is 0 Å². The van der Waals surface area contributed by atoms with Gasteiger partial charge in [-0.2, -0.15) is 21.6 Å². The molecule has 232 valence electrons. The number of ether oxygens (including phenoxy) is 4. The Bertz CT molecular complexity index is 1180. The van der Waals surface area contributed by atoms with E-state index in [1.54, 1.807) is 14.2 Å². The van der Waals surface area contributed by atoms with Crippen LogP contribution >= 0.6 is 0 Å². The zero-order valence-corrected chi connectivity index (χ0v) is 25.5. The van der Waals surface area contributed by atoms with Crippen molar-refractivity contribution < 1.29 is 44.7 Å². The minimum atomic E-state index is -5.72. The Kier molecular flexibility index (Phi) is 9.43. The number of alkyl halides is 3. The van der Waals surface area contributed by atoms with E-state index in [9.17, 15) is 21.6 Å². The topological polar surface area (TPSA) is 80.3 Å². The zero-order valence-electron chi connectivity index (χ0n) is 24.7. The molecule has 0 saturated heterocycles. The van der Waals surface area contributed by atoms with Crippen LogP contribution in [0.15, 0.2) is 36.1 Å². The molecule has 1 aromatic rings. The fourth-order valence-corrected chi connectivity index (χ4v) is 8.41. The van der Waals surface area contributed by atoms with Crippen molar-refractivity contribution in [3.8, 4) is 5.75 Å². The molecule has 0 bridgehead atoms. The molecule has 0 aliphatic heterocycles. The summed E-state index contributed by atoms with van der Waals surface area (Å²) in [5.74, 6) is 1.02. The zero-order chi connectivity index (χ0) is 30.2. The van der Waals surface area contributed by atoms with Gasteiger partial charge in [-0.25, -0.2) is 0 Å². The SMILES string of the molecule is COCO[C@H]1CC[C@]2(C)[C@H]3CC/C(=C\OS(=O)(=O)C(F)(F)F)[C@H](C)[C@@H]3[C@@H](OCc3ccc(OC)cc3)C[C@H]2C1(C)C. The van der Waals surface area contributed by atoms with E-state index in [0.29, 0.717) is 25.0 Å². The van der Waals surface area contributed by atoms with E-state index in [0.717, 1.165) is 36.8 Å². The van der Waals surface area contributed by atoms with Crippen molar-refractivity contribution in [2.45, 2.75) is 84.1 Å². The molecule has 0 heterocycles. The number of allylic oxidation sites excluding steroid dienone is 1. The Hall–Kier alpha value is -1.82. The van der Waals surface area contributed by atoms with E-state index >= 15 is 0 Å². The molecule has 7 atom stereocenters. The molecule has 3 aliphatic carbocycles. The third kappa shape index (κ3) is 6.28. The first-order valence-electron chi connectivity index (χ1n) is 14.2. The van der Waals surface area contributed by atoms with Crippen molar-refractivity contribution in [3.63, 3.8) is 0 Å². The first-order chi connectivity index (χ1) is 19.2. The quantitative estimate of drug-likeness (QED) is 0.132. The molecular formula is C30H43F3O7S. The van der Waals surface area contributed by atoms with Crippen molar-refractivity contribution in [2.75, 3.05) is 21.0 Å². The second-order valence-electron chi connectivity index (χ2n) is 12.6. The van der Waals surface area contributed by atoms with Gasteiger partial charge >= 0.3 is 15.6 Å². The van der Waals surface area contributed by atoms with Gasteiger partial charge in [-0.1, -0.05) is 39.8 Å². The van der Waals surface area contributed by atoms with Crippen LogP contribution in [-0.2, 0) is 35.1 Å². The molecule has 3 fully saturated rings. The molecule has 0 spiro atoms. The van der Waals surface area contributed by atoms with Crippen LogP contribution in [-0.4, -0.2) is 47.1 Å². The molecule has 7 nitrogen and oxygen atoms in total. The smallest absolute Gasteiger partial charge is 0.497 e. The van der Waals surface area contributed by atoms with Crippen LogP contribution in [0.2, 0.25) is 0 Å². The lowest BCUT2D eigenvalue weighted by atomic mass is 9.42. The third-order valence-electron chi connectivity index (χ3n) is 10.2. The Morgan fingerprint density at radius 1 is 1.05 bits per heavy atom. The fourth-order valence-electron chi connectivity index (χ4n) is 8.06. The Morgan fingerprint density at radius 2 is 1.73 bits per heavy atom. The van der Waals surface area contributed by atoms with E-state index in [4.69, 9.17) is 18.9 Å². The van der Waals surface area contributed by atoms with E-state index in [-0.39, 0.29) is 53.5 Å². The van der Waals surface area contributed by atoms with Crippen molar-refractivity contribution in [1.29, 1.82) is 0 Å². The molecule has 1 aromatic carbocycles. The summed E-state index contributed by atoms with van der Waals surface area (Å²) in [4.78, 5) is 0. The first-order valence-corrected chi connectivity index (χ1v) is 15.6. The monoisotopic (exact) mass is 604 g/mol. The van der Waals surface area contributed by atoms with Gasteiger partial charge < -0.3 is 23.1 Å². The molecule has 3 aliphatic rings. The summed E-state index contributed by atoms with van der Waals surface area (Å²) in [7, 11) is -2.49. The van der Waals surface area contributed by atoms with Crippen LogP contribution in [0.4, 0.5) is 13.2 Å². The highest BCUT2D eigenvalue weighted by atomic mass is 32.2. The van der Waals surface area contributed by atoms with Gasteiger partial charge in [-0.05, 0) is 89.9 Å². The van der Waals surface area contributed by atoms with Gasteiger partial charge in [0.2, 0.25) is 0 Å². The van der Waals surface area contributed by atoms with Crippen molar-refractivity contribution >= 4 is 10.1 Å². The summed E-state index contributed by atoms with van der Waals surface area (Å²) in [6.45, 7) is 9.41. The van der Waals surface area contributed by atoms with Crippen LogP contribution in [0.5, 0.6) is 5.75 Å². The standard InChI is InChI=1S/C30H43F3O7S/c1-19-21(17-40-41(34,35)30(31,32)33)9-12-23-27(19)24(38-16-20-7-10-22(37-6)11-8-20)15-25-28(2,3)26(39-18-36-5)13-14-29(23,25)4/h7-8,10-11,17,19,23-27H,9,12-16,18H2,1-6H3/b21-17+/t19-,23-,24-,25-,26-,27-,29+/m0/s1. The number of benzene rings is 1. The molecule has 0 radical (unpaired) electrons. The van der Waals surface area contributed by atoms with Gasteiger partial charge in [0.05, 0.1) is 25.9 Å². The molecule has 0 N–H and O–H groups in total. The average Bonchev–Trinajstić information content (AvgIpc) is 2.91. The van der Waals surface area contributed by atoms with Crippen LogP contribution in [0.1, 0.15) is 65.4 Å². The molecule has 0 aromatic heterocycles. The average molecular weight is 605 g/mol. The van der Waals surface area contributed by atoms with Gasteiger partial charge in [-0.3, -0.25) is 0 Å². The van der Waals surface area contributed by atoms with Crippen LogP contribution < -0.4 is 4.74 Å². The molecule has 11 heteroatoms. The van der Waals surface area contributed by atoms with Gasteiger partial charge in [0.15, 0.2) is 0 Å². The molecule has 41 heavy (non-hydrogen) atoms. The van der Waals surface area contributed by atoms with E-state index in [1.807, 2.05) is 31.2 Å². The number of fused-ring (bicyclic) bond motifs is 3. The number of halogens is 3. The summed E-state index contributed by atoms with van der Waals surface area (Å²) >= 11 is 0. The summed E-state index contributed by atoms with van der Waals surface area (Å²) < 4.78 is 89.8. The minimum Gasteiger partial charge on any atom is -0.497 e. The fraction of sp³-hybridized carbons (Fsp3) is 0.733. The van der Waals surface area contributed by atoms with E-state index < -0.39 is 15.6 Å². The normalized spacial score (nSPS) is 34.5. The molecule has 0 unspecified atom stereocenters. The maximum absolute atomic E-state index is 13.0. The lowest BCUT2D eigenvalue weighted by Crippen LogP contribution is -2.61. The number of rotatable bonds is 9. The summed E-state index contributed by atoms with van der Waals surface area (Å²) in [5, 5.41) is 0. The van der Waals surface area contributed by atoms with Crippen LogP contribution in [0, 0.1) is 34.5 Å². The third-order valence-corrected chi connectivity index (χ3v) is 11.1. The minimum absolute atomic E-state index is 0.0149. The lowest BCUT2D eigenvalue weighted by Gasteiger charge is -2.64. The maximum Gasteiger partial charge on any atom is 0.534 e. The predicted octanol–water partition coefficient (Wildman–Crippen LogP) is 6.83. The van der Waals surface area contributed by atoms with Crippen molar-refractivity contribution in [3.05, 3.63) is 41.7 Å². The summed E-state index contributed by atoms with van der Waals surface area (Å²) in [6.07, 6.45) is 4.42. The second kappa shape index (κ2) is 12.1.